The van der Waals surface area contributed by atoms with Crippen LogP contribution in [0, 0.1) is 5.92 Å². The average molecular weight is 333 g/mol. The Morgan fingerprint density at radius 3 is 2.58 bits per heavy atom. The van der Waals surface area contributed by atoms with Crippen molar-refractivity contribution in [3.63, 3.8) is 0 Å². The van der Waals surface area contributed by atoms with Crippen molar-refractivity contribution in [1.82, 2.24) is 15.1 Å². The van der Waals surface area contributed by atoms with Crippen LogP contribution in [-0.4, -0.2) is 61.8 Å². The molecule has 2 amide bonds. The summed E-state index contributed by atoms with van der Waals surface area (Å²) in [7, 11) is 1.70. The molecule has 1 heterocycles. The highest BCUT2D eigenvalue weighted by Crippen LogP contribution is 2.09. The molecule has 1 unspecified atom stereocenters. The summed E-state index contributed by atoms with van der Waals surface area (Å²) in [5, 5.41) is 3.02. The Balaban J connectivity index is 1.78. The van der Waals surface area contributed by atoms with Crippen LogP contribution in [0.3, 0.4) is 0 Å². The second-order valence-electron chi connectivity index (χ2n) is 6.81. The van der Waals surface area contributed by atoms with Crippen molar-refractivity contribution in [2.24, 2.45) is 5.92 Å². The summed E-state index contributed by atoms with van der Waals surface area (Å²) in [5.41, 5.74) is 1.33. The third kappa shape index (κ3) is 5.80. The molecule has 5 nitrogen and oxygen atoms in total. The lowest BCUT2D eigenvalue weighted by Crippen LogP contribution is -2.45. The Hall–Kier alpha value is -1.59. The van der Waals surface area contributed by atoms with Gasteiger partial charge in [-0.05, 0) is 17.9 Å². The van der Waals surface area contributed by atoms with Gasteiger partial charge in [-0.25, -0.2) is 4.79 Å². The normalized spacial score (nSPS) is 17.6. The molecule has 1 aromatic rings. The fraction of sp³-hybridized carbons (Fsp3) is 0.632. The van der Waals surface area contributed by atoms with Gasteiger partial charge in [0.05, 0.1) is 6.10 Å². The number of hydrogen-bond donors (Lipinski definition) is 1. The fourth-order valence-electron chi connectivity index (χ4n) is 3.06. The lowest BCUT2D eigenvalue weighted by atomic mass is 10.1. The lowest BCUT2D eigenvalue weighted by molar-refractivity contribution is 0.0652. The number of methoxy groups -OCH3 is 1. The summed E-state index contributed by atoms with van der Waals surface area (Å²) in [6.45, 7) is 9.27. The molecule has 1 aliphatic rings. The zero-order chi connectivity index (χ0) is 17.4. The van der Waals surface area contributed by atoms with E-state index in [1.165, 1.54) is 5.56 Å². The quantitative estimate of drug-likeness (QED) is 0.870. The molecule has 0 aliphatic carbocycles. The number of ether oxygens (including phenoxy) is 1. The summed E-state index contributed by atoms with van der Waals surface area (Å²) < 4.78 is 5.42. The van der Waals surface area contributed by atoms with Gasteiger partial charge in [-0.2, -0.15) is 0 Å². The van der Waals surface area contributed by atoms with E-state index in [1.807, 2.05) is 11.0 Å². The molecule has 5 heteroatoms. The van der Waals surface area contributed by atoms with Crippen LogP contribution in [0.1, 0.15) is 25.8 Å². The number of carbonyl (C=O) groups is 1. The maximum absolute atomic E-state index is 12.4. The molecule has 0 radical (unpaired) electrons. The van der Waals surface area contributed by atoms with Crippen molar-refractivity contribution < 1.29 is 9.53 Å². The molecule has 1 aliphatic heterocycles. The smallest absolute Gasteiger partial charge is 0.317 e. The number of nitrogens with one attached hydrogen (secondary N) is 1. The highest BCUT2D eigenvalue weighted by atomic mass is 16.5. The van der Waals surface area contributed by atoms with Crippen LogP contribution < -0.4 is 5.32 Å². The Morgan fingerprint density at radius 1 is 1.17 bits per heavy atom. The van der Waals surface area contributed by atoms with Gasteiger partial charge in [-0.15, -0.1) is 0 Å². The molecule has 2 rings (SSSR count). The molecule has 1 N–H and O–H groups in total. The van der Waals surface area contributed by atoms with Gasteiger partial charge in [0, 0.05) is 46.4 Å². The van der Waals surface area contributed by atoms with Crippen molar-refractivity contribution in [3.8, 4) is 0 Å². The number of amides is 2. The van der Waals surface area contributed by atoms with Crippen LogP contribution in [-0.2, 0) is 11.3 Å². The van der Waals surface area contributed by atoms with Gasteiger partial charge in [-0.3, -0.25) is 4.90 Å². The number of hydrogen-bond acceptors (Lipinski definition) is 3. The molecular weight excluding hydrogens is 302 g/mol. The van der Waals surface area contributed by atoms with E-state index >= 15 is 0 Å². The summed E-state index contributed by atoms with van der Waals surface area (Å²) >= 11 is 0. The Labute approximate surface area is 146 Å². The number of carbonyl (C=O) groups excluding carboxylic acids is 1. The van der Waals surface area contributed by atoms with Crippen LogP contribution in [0.15, 0.2) is 30.3 Å². The van der Waals surface area contributed by atoms with Gasteiger partial charge in [-0.1, -0.05) is 44.2 Å². The number of benzene rings is 1. The van der Waals surface area contributed by atoms with Gasteiger partial charge in [0.2, 0.25) is 0 Å². The zero-order valence-electron chi connectivity index (χ0n) is 15.2. The number of nitrogens with zero attached hydrogens (tertiary/aromatic N) is 2. The molecule has 0 spiro atoms. The molecule has 134 valence electrons. The first-order valence-electron chi connectivity index (χ1n) is 8.92. The summed E-state index contributed by atoms with van der Waals surface area (Å²) in [6, 6.07) is 10.5. The molecule has 0 aromatic heterocycles. The predicted octanol–water partition coefficient (Wildman–Crippen LogP) is 2.57. The summed E-state index contributed by atoms with van der Waals surface area (Å²) in [5.74, 6) is 0.390. The summed E-state index contributed by atoms with van der Waals surface area (Å²) in [6.07, 6.45) is 1.08. The molecule has 1 fully saturated rings. The van der Waals surface area contributed by atoms with Crippen LogP contribution in [0.5, 0.6) is 0 Å². The van der Waals surface area contributed by atoms with Crippen molar-refractivity contribution >= 4 is 6.03 Å². The third-order valence-corrected chi connectivity index (χ3v) is 4.63. The van der Waals surface area contributed by atoms with Crippen molar-refractivity contribution in [2.75, 3.05) is 39.8 Å². The fourth-order valence-corrected chi connectivity index (χ4v) is 3.06. The SMILES string of the molecule is COC(CNC(=O)N1CCCN(Cc2ccccc2)CC1)C(C)C. The van der Waals surface area contributed by atoms with Gasteiger partial charge in [0.15, 0.2) is 0 Å². The van der Waals surface area contributed by atoms with E-state index in [-0.39, 0.29) is 12.1 Å². The Morgan fingerprint density at radius 2 is 1.92 bits per heavy atom. The van der Waals surface area contributed by atoms with E-state index in [1.54, 1.807) is 7.11 Å². The third-order valence-electron chi connectivity index (χ3n) is 4.63. The first-order chi connectivity index (χ1) is 11.6. The highest BCUT2D eigenvalue weighted by molar-refractivity contribution is 5.74. The maximum atomic E-state index is 12.4. The van der Waals surface area contributed by atoms with E-state index in [9.17, 15) is 4.79 Å². The molecule has 0 saturated carbocycles. The molecular formula is C19H31N3O2. The second kappa shape index (κ2) is 9.64. The first kappa shape index (κ1) is 18.7. The molecule has 1 atom stereocenters. The number of rotatable bonds is 6. The largest absolute Gasteiger partial charge is 0.379 e. The highest BCUT2D eigenvalue weighted by Gasteiger charge is 2.20. The van der Waals surface area contributed by atoms with Crippen molar-refractivity contribution in [3.05, 3.63) is 35.9 Å². The number of urea groups is 1. The molecule has 1 aromatic carbocycles. The van der Waals surface area contributed by atoms with Crippen molar-refractivity contribution in [2.45, 2.75) is 32.9 Å². The van der Waals surface area contributed by atoms with Crippen LogP contribution >= 0.6 is 0 Å². The molecule has 24 heavy (non-hydrogen) atoms. The second-order valence-corrected chi connectivity index (χ2v) is 6.81. The molecule has 1 saturated heterocycles. The van der Waals surface area contributed by atoms with E-state index in [0.29, 0.717) is 12.5 Å². The maximum Gasteiger partial charge on any atom is 0.317 e. The zero-order valence-corrected chi connectivity index (χ0v) is 15.2. The monoisotopic (exact) mass is 333 g/mol. The Kier molecular flexibility index (Phi) is 7.53. The minimum Gasteiger partial charge on any atom is -0.379 e. The van der Waals surface area contributed by atoms with E-state index in [2.05, 4.69) is 48.3 Å². The minimum absolute atomic E-state index is 0.0271. The topological polar surface area (TPSA) is 44.8 Å². The van der Waals surface area contributed by atoms with Gasteiger partial charge in [0.1, 0.15) is 0 Å². The first-order valence-corrected chi connectivity index (χ1v) is 8.92. The standard InChI is InChI=1S/C19H31N3O2/c1-16(2)18(24-3)14-20-19(23)22-11-7-10-21(12-13-22)15-17-8-5-4-6-9-17/h4-6,8-9,16,18H,7,10-15H2,1-3H3,(H,20,23). The van der Waals surface area contributed by atoms with Gasteiger partial charge < -0.3 is 15.0 Å². The minimum atomic E-state index is 0.0271. The molecule has 0 bridgehead atoms. The van der Waals surface area contributed by atoms with E-state index in [4.69, 9.17) is 4.74 Å². The Bertz CT molecular complexity index is 493. The predicted molar refractivity (Wildman–Crippen MR) is 96.9 cm³/mol. The van der Waals surface area contributed by atoms with E-state index in [0.717, 1.165) is 39.1 Å². The van der Waals surface area contributed by atoms with Crippen LogP contribution in [0.25, 0.3) is 0 Å². The van der Waals surface area contributed by atoms with E-state index < -0.39 is 0 Å². The van der Waals surface area contributed by atoms with Gasteiger partial charge in [0.25, 0.3) is 0 Å². The lowest BCUT2D eigenvalue weighted by Gasteiger charge is -2.25. The average Bonchev–Trinajstić information content (AvgIpc) is 2.81. The van der Waals surface area contributed by atoms with Crippen LogP contribution in [0.2, 0.25) is 0 Å². The van der Waals surface area contributed by atoms with Gasteiger partial charge >= 0.3 is 6.03 Å². The van der Waals surface area contributed by atoms with Crippen molar-refractivity contribution in [1.29, 1.82) is 0 Å². The summed E-state index contributed by atoms with van der Waals surface area (Å²) in [4.78, 5) is 16.8. The van der Waals surface area contributed by atoms with Crippen LogP contribution in [0.4, 0.5) is 4.79 Å².